The summed E-state index contributed by atoms with van der Waals surface area (Å²) in [5, 5.41) is 2.71. The van der Waals surface area contributed by atoms with Gasteiger partial charge in [-0.3, -0.25) is 18.8 Å². The number of carbonyl (C=O) groups excluding carboxylic acids is 1. The minimum absolute atomic E-state index is 0.00757. The van der Waals surface area contributed by atoms with E-state index in [9.17, 15) is 44.3 Å². The van der Waals surface area contributed by atoms with E-state index in [1.54, 1.807) is 62.4 Å². The fourth-order valence-electron chi connectivity index (χ4n) is 5.53. The molecule has 0 unspecified atom stereocenters. The second kappa shape index (κ2) is 14.9. The van der Waals surface area contributed by atoms with E-state index < -0.39 is 63.1 Å². The number of aryl methyl sites for hydroxylation is 2. The lowest BCUT2D eigenvalue weighted by molar-refractivity contribution is -0.143. The Balaban J connectivity index is 1.53. The lowest BCUT2D eigenvalue weighted by atomic mass is 9.96. The molecule has 1 atom stereocenters. The molecule has 0 saturated carbocycles. The molecular formula is C37H33F6N3O5S. The van der Waals surface area contributed by atoms with Crippen LogP contribution in [-0.4, -0.2) is 30.5 Å². The molecule has 0 aliphatic rings. The number of benzene rings is 3. The number of amides is 1. The molecule has 0 aliphatic heterocycles. The van der Waals surface area contributed by atoms with E-state index in [0.29, 0.717) is 17.7 Å². The summed E-state index contributed by atoms with van der Waals surface area (Å²) >= 11 is 0. The number of halogens is 6. The maximum Gasteiger partial charge on any atom is 0.416 e. The highest BCUT2D eigenvalue weighted by Crippen LogP contribution is 2.37. The molecule has 0 fully saturated rings. The quantitative estimate of drug-likeness (QED) is 0.108. The summed E-state index contributed by atoms with van der Waals surface area (Å²) in [6.07, 6.45) is -8.67. The second-order valence-electron chi connectivity index (χ2n) is 12.5. The normalized spacial score (nSPS) is 12.9. The summed E-state index contributed by atoms with van der Waals surface area (Å²) in [5.41, 5.74) is -1.96. The lowest BCUT2D eigenvalue weighted by Crippen LogP contribution is -2.34. The third-order valence-electron chi connectivity index (χ3n) is 8.35. The van der Waals surface area contributed by atoms with Crippen LogP contribution in [0.5, 0.6) is 0 Å². The van der Waals surface area contributed by atoms with E-state index in [2.05, 4.69) is 10.3 Å². The highest BCUT2D eigenvalue weighted by molar-refractivity contribution is 7.86. The van der Waals surface area contributed by atoms with Crippen LogP contribution >= 0.6 is 0 Å². The zero-order valence-electron chi connectivity index (χ0n) is 28.1. The molecule has 0 aliphatic carbocycles. The molecule has 8 nitrogen and oxygen atoms in total. The Kier molecular flexibility index (Phi) is 11.0. The smallest absolute Gasteiger partial charge is 0.347 e. The Labute approximate surface area is 295 Å². The molecule has 5 aromatic rings. The van der Waals surface area contributed by atoms with Crippen molar-refractivity contribution in [1.82, 2.24) is 14.9 Å². The number of hydrogen-bond acceptors (Lipinski definition) is 6. The van der Waals surface area contributed by atoms with Crippen molar-refractivity contribution in [3.05, 3.63) is 129 Å². The predicted molar refractivity (Wildman–Crippen MR) is 182 cm³/mol. The van der Waals surface area contributed by atoms with Crippen molar-refractivity contribution in [2.24, 2.45) is 5.92 Å². The van der Waals surface area contributed by atoms with Crippen molar-refractivity contribution >= 4 is 26.9 Å². The van der Waals surface area contributed by atoms with Gasteiger partial charge in [0.25, 0.3) is 21.6 Å². The van der Waals surface area contributed by atoms with Crippen LogP contribution < -0.4 is 10.9 Å². The molecule has 5 rings (SSSR count). The zero-order chi connectivity index (χ0) is 38.0. The number of nitrogens with zero attached hydrogens (tertiary/aromatic N) is 2. The molecule has 15 heteroatoms. The average Bonchev–Trinajstić information content (AvgIpc) is 3.09. The van der Waals surface area contributed by atoms with Crippen molar-refractivity contribution in [2.45, 2.75) is 57.5 Å². The molecule has 2 heterocycles. The fraction of sp³-hybridized carbons (Fsp3) is 0.270. The highest BCUT2D eigenvalue weighted by atomic mass is 32.2. The highest BCUT2D eigenvalue weighted by Gasteiger charge is 2.37. The van der Waals surface area contributed by atoms with E-state index in [-0.39, 0.29) is 52.7 Å². The summed E-state index contributed by atoms with van der Waals surface area (Å²) < 4.78 is 113. The molecule has 0 radical (unpaired) electrons. The first-order valence-electron chi connectivity index (χ1n) is 16.0. The Morgan fingerprint density at radius 3 is 2.04 bits per heavy atom. The van der Waals surface area contributed by atoms with E-state index in [1.165, 1.54) is 18.3 Å². The number of alkyl halides is 6. The van der Waals surface area contributed by atoms with Crippen molar-refractivity contribution in [1.29, 1.82) is 0 Å². The SMILES string of the molecule is Cc1ccc(-c2c(C(=O)NCc3cc(C(F)(F)F)cc(C(F)(F)F)c3)n(CC[C@@H](C)COS(=O)(=O)c3ccc(C)cc3)c(=O)c3ncccc23)cc1. The van der Waals surface area contributed by atoms with E-state index in [4.69, 9.17) is 4.18 Å². The van der Waals surface area contributed by atoms with Crippen LogP contribution in [0.2, 0.25) is 0 Å². The summed E-state index contributed by atoms with van der Waals surface area (Å²) in [7, 11) is -4.10. The van der Waals surface area contributed by atoms with Gasteiger partial charge in [0.2, 0.25) is 0 Å². The largest absolute Gasteiger partial charge is 0.416 e. The maximum atomic E-state index is 14.1. The van der Waals surface area contributed by atoms with Crippen molar-refractivity contribution < 1.29 is 43.7 Å². The molecule has 0 bridgehead atoms. The van der Waals surface area contributed by atoms with Gasteiger partial charge in [-0.05, 0) is 73.7 Å². The van der Waals surface area contributed by atoms with Crippen LogP contribution in [0.1, 0.15) is 51.7 Å². The van der Waals surface area contributed by atoms with Crippen LogP contribution in [-0.2, 0) is 39.7 Å². The van der Waals surface area contributed by atoms with Gasteiger partial charge in [0.05, 0.1) is 22.6 Å². The van der Waals surface area contributed by atoms with Gasteiger partial charge in [0.1, 0.15) is 11.2 Å². The first kappa shape index (κ1) is 38.2. The topological polar surface area (TPSA) is 107 Å². The number of nitrogens with one attached hydrogen (secondary N) is 1. The minimum atomic E-state index is -5.09. The van der Waals surface area contributed by atoms with Crippen molar-refractivity contribution in [2.75, 3.05) is 6.61 Å². The number of pyridine rings is 2. The zero-order valence-corrected chi connectivity index (χ0v) is 28.9. The van der Waals surface area contributed by atoms with Gasteiger partial charge in [0.15, 0.2) is 0 Å². The number of hydrogen-bond donors (Lipinski definition) is 1. The maximum absolute atomic E-state index is 14.1. The standard InChI is InChI=1S/C37H33F6N3O5S/c1-22-6-10-26(11-7-22)31-30-5-4-15-44-32(30)35(48)46(16-14-24(3)21-51-52(49,50)29-12-8-23(2)9-13-29)33(31)34(47)45-20-25-17-27(36(38,39)40)19-28(18-25)37(41,42)43/h4-13,15,17-19,24H,14,16,20-21H2,1-3H3,(H,45,47)/t24-/m1/s1. The molecule has 0 spiro atoms. The van der Waals surface area contributed by atoms with E-state index in [1.807, 2.05) is 6.92 Å². The van der Waals surface area contributed by atoms with Crippen LogP contribution in [0.3, 0.4) is 0 Å². The van der Waals surface area contributed by atoms with Gasteiger partial charge in [0, 0.05) is 30.2 Å². The third-order valence-corrected chi connectivity index (χ3v) is 9.65. The number of fused-ring (bicyclic) bond motifs is 1. The average molecular weight is 746 g/mol. The Morgan fingerprint density at radius 1 is 0.885 bits per heavy atom. The minimum Gasteiger partial charge on any atom is -0.347 e. The van der Waals surface area contributed by atoms with Crippen molar-refractivity contribution in [3.63, 3.8) is 0 Å². The molecule has 2 aromatic heterocycles. The van der Waals surface area contributed by atoms with Gasteiger partial charge in [-0.2, -0.15) is 34.8 Å². The monoisotopic (exact) mass is 745 g/mol. The van der Waals surface area contributed by atoms with Crippen molar-refractivity contribution in [3.8, 4) is 11.1 Å². The number of aromatic nitrogens is 2. The molecule has 3 aromatic carbocycles. The Bertz CT molecular complexity index is 2240. The number of carbonyl (C=O) groups is 1. The molecule has 1 amide bonds. The summed E-state index contributed by atoms with van der Waals surface area (Å²) in [4.78, 5) is 32.3. The molecular weight excluding hydrogens is 712 g/mol. The number of rotatable bonds is 11. The van der Waals surface area contributed by atoms with E-state index >= 15 is 0 Å². The third kappa shape index (κ3) is 8.70. The second-order valence-corrected chi connectivity index (χ2v) is 14.1. The summed E-state index contributed by atoms with van der Waals surface area (Å²) in [6, 6.07) is 17.2. The first-order chi connectivity index (χ1) is 24.3. The van der Waals surface area contributed by atoms with Gasteiger partial charge >= 0.3 is 12.4 Å². The molecule has 274 valence electrons. The van der Waals surface area contributed by atoms with Gasteiger partial charge in [-0.25, -0.2) is 0 Å². The van der Waals surface area contributed by atoms with Gasteiger partial charge in [-0.15, -0.1) is 0 Å². The molecule has 1 N–H and O–H groups in total. The molecule has 52 heavy (non-hydrogen) atoms. The fourth-order valence-corrected chi connectivity index (χ4v) is 6.55. The van der Waals surface area contributed by atoms with Gasteiger partial charge in [-0.1, -0.05) is 60.5 Å². The Morgan fingerprint density at radius 2 is 1.46 bits per heavy atom. The van der Waals surface area contributed by atoms with Gasteiger partial charge < -0.3 is 9.88 Å². The predicted octanol–water partition coefficient (Wildman–Crippen LogP) is 8.08. The van der Waals surface area contributed by atoms with Crippen LogP contribution in [0.15, 0.2) is 94.7 Å². The first-order valence-corrected chi connectivity index (χ1v) is 17.4. The Hall–Kier alpha value is -5.02. The van der Waals surface area contributed by atoms with Crippen LogP contribution in [0, 0.1) is 19.8 Å². The summed E-state index contributed by atoms with van der Waals surface area (Å²) in [5.74, 6) is -1.42. The lowest BCUT2D eigenvalue weighted by Gasteiger charge is -2.21. The molecule has 0 saturated heterocycles. The van der Waals surface area contributed by atoms with Crippen LogP contribution in [0.25, 0.3) is 22.0 Å². The van der Waals surface area contributed by atoms with E-state index in [0.717, 1.165) is 15.7 Å². The summed E-state index contributed by atoms with van der Waals surface area (Å²) in [6.45, 7) is 4.17. The van der Waals surface area contributed by atoms with Crippen LogP contribution in [0.4, 0.5) is 26.3 Å².